The molecule has 2 rings (SSSR count). The van der Waals surface area contributed by atoms with Gasteiger partial charge < -0.3 is 20.2 Å². The lowest BCUT2D eigenvalue weighted by atomic mass is 10.1. The molecule has 0 saturated carbocycles. The number of hydrogen-bond donors (Lipinski definition) is 2. The van der Waals surface area contributed by atoms with Gasteiger partial charge in [-0.1, -0.05) is 35.8 Å². The third kappa shape index (κ3) is 10.1. The highest BCUT2D eigenvalue weighted by Gasteiger charge is 2.38. The monoisotopic (exact) mass is 509 g/mol. The van der Waals surface area contributed by atoms with Crippen molar-refractivity contribution < 1.29 is 32.7 Å². The first kappa shape index (κ1) is 26.9. The second-order valence-electron chi connectivity index (χ2n) is 7.34. The Labute approximate surface area is 187 Å². The van der Waals surface area contributed by atoms with E-state index in [2.05, 4.69) is 35.1 Å². The third-order valence-corrected chi connectivity index (χ3v) is 4.75. The number of halogens is 4. The highest BCUT2D eigenvalue weighted by atomic mass is 79.9. The maximum Gasteiger partial charge on any atom is 0.490 e. The summed E-state index contributed by atoms with van der Waals surface area (Å²) in [5.74, 6) is -2.28. The van der Waals surface area contributed by atoms with Crippen molar-refractivity contribution in [2.45, 2.75) is 26.4 Å². The summed E-state index contributed by atoms with van der Waals surface area (Å²) in [7, 11) is 0. The van der Waals surface area contributed by atoms with Crippen LogP contribution in [0.2, 0.25) is 0 Å². The molecule has 1 aliphatic heterocycles. The van der Waals surface area contributed by atoms with E-state index < -0.39 is 12.1 Å². The number of carboxylic acids is 1. The fourth-order valence-electron chi connectivity index (χ4n) is 2.82. The fourth-order valence-corrected chi connectivity index (χ4v) is 3.22. The second-order valence-corrected chi connectivity index (χ2v) is 8.25. The maximum absolute atomic E-state index is 12.8. The van der Waals surface area contributed by atoms with E-state index in [1.807, 2.05) is 29.2 Å². The molecule has 2 amide bonds. The summed E-state index contributed by atoms with van der Waals surface area (Å²) in [6.45, 7) is 8.48. The largest absolute Gasteiger partial charge is 0.490 e. The predicted molar refractivity (Wildman–Crippen MR) is 113 cm³/mol. The van der Waals surface area contributed by atoms with Crippen LogP contribution < -0.4 is 5.32 Å². The molecule has 31 heavy (non-hydrogen) atoms. The molecule has 174 valence electrons. The summed E-state index contributed by atoms with van der Waals surface area (Å²) in [5, 5.41) is 10.4. The van der Waals surface area contributed by atoms with Crippen LogP contribution in [0.4, 0.5) is 13.2 Å². The minimum atomic E-state index is -5.08. The zero-order valence-corrected chi connectivity index (χ0v) is 19.0. The normalized spacial score (nSPS) is 14.0. The molecule has 1 heterocycles. The number of carboxylic acid groups (broad SMARTS) is 1. The van der Waals surface area contributed by atoms with Crippen molar-refractivity contribution >= 4 is 33.7 Å². The van der Waals surface area contributed by atoms with Crippen molar-refractivity contribution in [3.8, 4) is 0 Å². The molecule has 0 bridgehead atoms. The summed E-state index contributed by atoms with van der Waals surface area (Å²) < 4.78 is 32.6. The Hall–Kier alpha value is -2.14. The van der Waals surface area contributed by atoms with E-state index in [9.17, 15) is 22.8 Å². The van der Waals surface area contributed by atoms with E-state index in [-0.39, 0.29) is 11.8 Å². The SMILES string of the molecule is CC(C)CN(CCC(=O)N1CCNCC1)C(=O)c1cccc(Br)c1.O=C(O)C(F)(F)F. The highest BCUT2D eigenvalue weighted by molar-refractivity contribution is 9.10. The molecule has 0 radical (unpaired) electrons. The van der Waals surface area contributed by atoms with Crippen LogP contribution in [0.25, 0.3) is 0 Å². The molecule has 2 N–H and O–H groups in total. The van der Waals surface area contributed by atoms with E-state index in [0.29, 0.717) is 31.0 Å². The number of alkyl halides is 3. The Morgan fingerprint density at radius 3 is 2.29 bits per heavy atom. The van der Waals surface area contributed by atoms with Crippen molar-refractivity contribution in [1.82, 2.24) is 15.1 Å². The summed E-state index contributed by atoms with van der Waals surface area (Å²) in [4.78, 5) is 37.7. The summed E-state index contributed by atoms with van der Waals surface area (Å²) in [6.07, 6.45) is -4.70. The average molecular weight is 510 g/mol. The summed E-state index contributed by atoms with van der Waals surface area (Å²) >= 11 is 3.41. The number of benzene rings is 1. The standard InChI is InChI=1S/C18H26BrN3O2.C2HF3O2/c1-14(2)13-22(18(24)15-4-3-5-16(19)12-15)9-6-17(23)21-10-7-20-8-11-21;3-2(4,5)1(6)7/h3-5,12,14,20H,6-11,13H2,1-2H3;(H,6,7). The van der Waals surface area contributed by atoms with Gasteiger partial charge in [0, 0.05) is 55.7 Å². The van der Waals surface area contributed by atoms with Crippen molar-refractivity contribution in [3.63, 3.8) is 0 Å². The predicted octanol–water partition coefficient (Wildman–Crippen LogP) is 3.00. The molecule has 1 saturated heterocycles. The van der Waals surface area contributed by atoms with Gasteiger partial charge in [0.25, 0.3) is 5.91 Å². The van der Waals surface area contributed by atoms with Crippen molar-refractivity contribution in [2.24, 2.45) is 5.92 Å². The van der Waals surface area contributed by atoms with E-state index in [4.69, 9.17) is 9.90 Å². The van der Waals surface area contributed by atoms with Gasteiger partial charge in [0.15, 0.2) is 0 Å². The Morgan fingerprint density at radius 2 is 1.81 bits per heavy atom. The lowest BCUT2D eigenvalue weighted by Crippen LogP contribution is -2.47. The first-order chi connectivity index (χ1) is 14.4. The molecular formula is C20H27BrF3N3O4. The molecule has 1 aromatic rings. The van der Waals surface area contributed by atoms with Crippen molar-refractivity contribution in [2.75, 3.05) is 39.3 Å². The van der Waals surface area contributed by atoms with Gasteiger partial charge in [0.1, 0.15) is 0 Å². The van der Waals surface area contributed by atoms with E-state index in [1.165, 1.54) is 0 Å². The topological polar surface area (TPSA) is 90.0 Å². The van der Waals surface area contributed by atoms with Crippen LogP contribution in [0.3, 0.4) is 0 Å². The molecular weight excluding hydrogens is 483 g/mol. The summed E-state index contributed by atoms with van der Waals surface area (Å²) in [5.41, 5.74) is 0.652. The molecule has 0 aliphatic carbocycles. The number of carbonyl (C=O) groups excluding carboxylic acids is 2. The van der Waals surface area contributed by atoms with Crippen LogP contribution >= 0.6 is 15.9 Å². The second kappa shape index (κ2) is 12.7. The van der Waals surface area contributed by atoms with Crippen LogP contribution in [-0.2, 0) is 9.59 Å². The average Bonchev–Trinajstić information content (AvgIpc) is 2.70. The Bertz CT molecular complexity index is 753. The number of amides is 2. The lowest BCUT2D eigenvalue weighted by Gasteiger charge is -2.29. The van der Waals surface area contributed by atoms with Gasteiger partial charge >= 0.3 is 12.1 Å². The molecule has 11 heteroatoms. The molecule has 1 aromatic carbocycles. The minimum Gasteiger partial charge on any atom is -0.475 e. The number of aliphatic carboxylic acids is 1. The Kier molecular flexibility index (Phi) is 11.0. The van der Waals surface area contributed by atoms with E-state index >= 15 is 0 Å². The quantitative estimate of drug-likeness (QED) is 0.615. The van der Waals surface area contributed by atoms with Gasteiger partial charge in [0.2, 0.25) is 5.91 Å². The minimum absolute atomic E-state index is 0.0156. The van der Waals surface area contributed by atoms with Crippen LogP contribution in [-0.4, -0.2) is 78.1 Å². The zero-order chi connectivity index (χ0) is 23.6. The fraction of sp³-hybridized carbons (Fsp3) is 0.550. The van der Waals surface area contributed by atoms with Crippen LogP contribution in [0.5, 0.6) is 0 Å². The van der Waals surface area contributed by atoms with E-state index in [1.54, 1.807) is 4.90 Å². The molecule has 1 aliphatic rings. The van der Waals surface area contributed by atoms with Crippen LogP contribution in [0.15, 0.2) is 28.7 Å². The molecule has 7 nitrogen and oxygen atoms in total. The smallest absolute Gasteiger partial charge is 0.475 e. The summed E-state index contributed by atoms with van der Waals surface area (Å²) in [6, 6.07) is 7.40. The van der Waals surface area contributed by atoms with Gasteiger partial charge in [-0.25, -0.2) is 4.79 Å². The van der Waals surface area contributed by atoms with Crippen molar-refractivity contribution in [1.29, 1.82) is 0 Å². The Morgan fingerprint density at radius 1 is 1.23 bits per heavy atom. The van der Waals surface area contributed by atoms with Crippen LogP contribution in [0, 0.1) is 5.92 Å². The van der Waals surface area contributed by atoms with Gasteiger partial charge in [-0.2, -0.15) is 13.2 Å². The first-order valence-electron chi connectivity index (χ1n) is 9.75. The number of piperazine rings is 1. The number of rotatable bonds is 6. The van der Waals surface area contributed by atoms with Gasteiger partial charge in [0.05, 0.1) is 0 Å². The number of nitrogens with one attached hydrogen (secondary N) is 1. The lowest BCUT2D eigenvalue weighted by molar-refractivity contribution is -0.192. The zero-order valence-electron chi connectivity index (χ0n) is 17.4. The van der Waals surface area contributed by atoms with Crippen LogP contribution in [0.1, 0.15) is 30.6 Å². The number of hydrogen-bond acceptors (Lipinski definition) is 4. The van der Waals surface area contributed by atoms with E-state index in [0.717, 1.165) is 30.7 Å². The molecule has 0 aromatic heterocycles. The first-order valence-corrected chi connectivity index (χ1v) is 10.5. The molecule has 1 fully saturated rings. The van der Waals surface area contributed by atoms with Crippen molar-refractivity contribution in [3.05, 3.63) is 34.3 Å². The molecule has 0 atom stereocenters. The number of nitrogens with zero attached hydrogens (tertiary/aromatic N) is 2. The number of carbonyl (C=O) groups is 3. The van der Waals surface area contributed by atoms with Gasteiger partial charge in [-0.3, -0.25) is 9.59 Å². The molecule has 0 spiro atoms. The van der Waals surface area contributed by atoms with Gasteiger partial charge in [-0.15, -0.1) is 0 Å². The molecule has 0 unspecified atom stereocenters. The third-order valence-electron chi connectivity index (χ3n) is 4.25. The van der Waals surface area contributed by atoms with Gasteiger partial charge in [-0.05, 0) is 24.1 Å². The maximum atomic E-state index is 12.8. The highest BCUT2D eigenvalue weighted by Crippen LogP contribution is 2.15. The Balaban J connectivity index is 0.000000592.